The third-order valence-corrected chi connectivity index (χ3v) is 4.27. The van der Waals surface area contributed by atoms with Crippen LogP contribution >= 0.6 is 6.64 Å². The summed E-state index contributed by atoms with van der Waals surface area (Å²) in [7, 11) is 0. The van der Waals surface area contributed by atoms with Gasteiger partial charge >= 0.3 is 0 Å². The molecule has 3 heterocycles. The molecule has 0 radical (unpaired) electrons. The summed E-state index contributed by atoms with van der Waals surface area (Å²) in [4.78, 5) is 32.4. The summed E-state index contributed by atoms with van der Waals surface area (Å²) in [5, 5.41) is 2.41. The summed E-state index contributed by atoms with van der Waals surface area (Å²) >= 11 is 4.40. The number of fused-ring (bicyclic) bond motifs is 1. The molecule has 3 rings (SSSR count). The van der Waals surface area contributed by atoms with Crippen LogP contribution in [0.2, 0.25) is 0 Å². The largest absolute Gasteiger partial charge is 0.789 e. The molecule has 0 aliphatic carbocycles. The fourth-order valence-corrected chi connectivity index (χ4v) is 3.00. The van der Waals surface area contributed by atoms with Crippen LogP contribution in [0.15, 0.2) is 12.7 Å². The second kappa shape index (κ2) is 5.56. The lowest BCUT2D eigenvalue weighted by atomic mass is 10.2. The highest BCUT2D eigenvalue weighted by Crippen LogP contribution is 2.32. The van der Waals surface area contributed by atoms with E-state index in [0.29, 0.717) is 17.0 Å². The molecule has 2 aromatic rings. The van der Waals surface area contributed by atoms with E-state index in [9.17, 15) is 4.89 Å². The van der Waals surface area contributed by atoms with Gasteiger partial charge in [0.15, 0.2) is 11.5 Å². The average Bonchev–Trinajstić information content (AvgIpc) is 3.02. The Bertz CT molecular complexity index is 703. The molecule has 0 amide bonds. The lowest BCUT2D eigenvalue weighted by Crippen LogP contribution is -2.28. The van der Waals surface area contributed by atoms with Gasteiger partial charge in [0.25, 0.3) is 0 Å². The van der Waals surface area contributed by atoms with E-state index in [1.54, 1.807) is 10.9 Å². The Morgan fingerprint density at radius 2 is 2.33 bits per heavy atom. The van der Waals surface area contributed by atoms with Crippen molar-refractivity contribution in [2.45, 2.75) is 25.2 Å². The number of nitrogens with one attached hydrogen (secondary N) is 1. The summed E-state index contributed by atoms with van der Waals surface area (Å²) in [6.45, 7) is -3.41. The second-order valence-electron chi connectivity index (χ2n) is 4.76. The van der Waals surface area contributed by atoms with Crippen LogP contribution in [0.5, 0.6) is 0 Å². The van der Waals surface area contributed by atoms with Crippen molar-refractivity contribution in [3.63, 3.8) is 0 Å². The van der Waals surface area contributed by atoms with E-state index in [1.165, 1.54) is 6.33 Å². The lowest BCUT2D eigenvalue weighted by molar-refractivity contribution is -0.181. The number of aromatic nitrogens is 4. The molecule has 1 unspecified atom stereocenters. The van der Waals surface area contributed by atoms with Crippen LogP contribution in [0, 0.1) is 0 Å². The van der Waals surface area contributed by atoms with E-state index < -0.39 is 6.64 Å². The van der Waals surface area contributed by atoms with Crippen LogP contribution < -0.4 is 15.7 Å². The molecule has 21 heavy (non-hydrogen) atoms. The first-order chi connectivity index (χ1) is 9.94. The monoisotopic (exact) mass is 329 g/mol. The van der Waals surface area contributed by atoms with Crippen molar-refractivity contribution >= 4 is 35.4 Å². The Morgan fingerprint density at radius 3 is 3.10 bits per heavy atom. The number of nitrogens with two attached hydrogens (primary N) is 1. The lowest BCUT2D eigenvalue weighted by Gasteiger charge is -2.24. The first kappa shape index (κ1) is 14.8. The number of hydrogen-bond acceptors (Lipinski definition) is 7. The molecule has 1 fully saturated rings. The molecule has 11 heteroatoms. The molecule has 1 aliphatic rings. The van der Waals surface area contributed by atoms with Crippen molar-refractivity contribution < 1.29 is 14.5 Å². The Hall–Kier alpha value is -1.16. The highest BCUT2D eigenvalue weighted by atomic mass is 32.5. The molecule has 0 saturated carbocycles. The van der Waals surface area contributed by atoms with Gasteiger partial charge in [-0.1, -0.05) is 11.8 Å². The quantitative estimate of drug-likeness (QED) is 0.619. The van der Waals surface area contributed by atoms with Crippen LogP contribution in [0.3, 0.4) is 0 Å². The molecule has 3 atom stereocenters. The number of imidazole rings is 1. The van der Waals surface area contributed by atoms with Gasteiger partial charge in [0.2, 0.25) is 0 Å². The Balaban J connectivity index is 1.73. The maximum atomic E-state index is 11.1. The van der Waals surface area contributed by atoms with Gasteiger partial charge in [0.05, 0.1) is 19.1 Å². The van der Waals surface area contributed by atoms with Crippen LogP contribution in [0.4, 0.5) is 5.82 Å². The molecular formula is C10H14N6O3PS-. The highest BCUT2D eigenvalue weighted by molar-refractivity contribution is 8.07. The van der Waals surface area contributed by atoms with E-state index >= 15 is 0 Å². The topological polar surface area (TPSA) is 134 Å². The van der Waals surface area contributed by atoms with Crippen LogP contribution in [-0.2, 0) is 16.5 Å². The zero-order chi connectivity index (χ0) is 15.0. The minimum absolute atomic E-state index is 0.185. The van der Waals surface area contributed by atoms with E-state index in [2.05, 4.69) is 31.8 Å². The van der Waals surface area contributed by atoms with Gasteiger partial charge in [-0.05, 0) is 12.8 Å². The van der Waals surface area contributed by atoms with Gasteiger partial charge in [-0.25, -0.2) is 15.0 Å². The summed E-state index contributed by atoms with van der Waals surface area (Å²) in [5.74, 6) is 0.322. The van der Waals surface area contributed by atoms with Gasteiger partial charge in [-0.15, -0.1) is 0 Å². The highest BCUT2D eigenvalue weighted by Gasteiger charge is 2.28. The van der Waals surface area contributed by atoms with Crippen molar-refractivity contribution in [3.05, 3.63) is 12.7 Å². The van der Waals surface area contributed by atoms with Crippen LogP contribution in [-0.4, -0.2) is 37.1 Å². The fraction of sp³-hybridized carbons (Fsp3) is 0.500. The maximum absolute atomic E-state index is 11.1. The predicted octanol–water partition coefficient (Wildman–Crippen LogP) is -0.747. The predicted molar refractivity (Wildman–Crippen MR) is 77.4 cm³/mol. The van der Waals surface area contributed by atoms with Gasteiger partial charge in [0.1, 0.15) is 18.1 Å². The molecule has 2 aromatic heterocycles. The standard InChI is InChI=1S/C10H15N6O3PS/c11-9-8-10(13-4-12-9)16(5-14-8)7-2-1-6(19-7)3-15-20(17,18)21/h4-7H,1-3H2,(H2,11,12,13)(H3,15,17,18,21)/p-1/t6-,7+/m0/s1. The smallest absolute Gasteiger partial charge is 0.167 e. The third kappa shape index (κ3) is 3.20. The van der Waals surface area contributed by atoms with E-state index in [4.69, 9.17) is 15.4 Å². The first-order valence-electron chi connectivity index (χ1n) is 6.31. The molecule has 0 bridgehead atoms. The Morgan fingerprint density at radius 1 is 1.52 bits per heavy atom. The number of hydrogen-bond donors (Lipinski definition) is 3. The molecule has 1 saturated heterocycles. The van der Waals surface area contributed by atoms with Crippen molar-refractivity contribution in [2.75, 3.05) is 12.3 Å². The SMILES string of the molecule is Nc1ncnc2c1ncn2[C@H]1CC[C@@H](CNP([O-])(O)=S)O1. The van der Waals surface area contributed by atoms with Gasteiger partial charge in [-0.3, -0.25) is 9.65 Å². The normalized spacial score (nSPS) is 25.2. The summed E-state index contributed by atoms with van der Waals surface area (Å²) in [6.07, 6.45) is 4.06. The van der Waals surface area contributed by atoms with E-state index in [0.717, 1.165) is 12.8 Å². The number of rotatable bonds is 4. The van der Waals surface area contributed by atoms with Gasteiger partial charge in [-0.2, -0.15) is 0 Å². The van der Waals surface area contributed by atoms with Crippen molar-refractivity contribution in [2.24, 2.45) is 0 Å². The van der Waals surface area contributed by atoms with E-state index in [-0.39, 0.29) is 18.9 Å². The Kier molecular flexibility index (Phi) is 3.91. The zero-order valence-corrected chi connectivity index (χ0v) is 12.6. The molecule has 4 N–H and O–H groups in total. The van der Waals surface area contributed by atoms with Crippen LogP contribution in [0.1, 0.15) is 19.1 Å². The van der Waals surface area contributed by atoms with Gasteiger partial charge < -0.3 is 20.3 Å². The molecule has 9 nitrogen and oxygen atoms in total. The van der Waals surface area contributed by atoms with E-state index in [1.807, 2.05) is 0 Å². The minimum Gasteiger partial charge on any atom is -0.789 e. The van der Waals surface area contributed by atoms with Crippen molar-refractivity contribution in [3.8, 4) is 0 Å². The third-order valence-electron chi connectivity index (χ3n) is 3.30. The van der Waals surface area contributed by atoms with Crippen molar-refractivity contribution in [1.29, 1.82) is 0 Å². The fourth-order valence-electron chi connectivity index (χ4n) is 2.34. The number of anilines is 1. The Labute approximate surface area is 125 Å². The van der Waals surface area contributed by atoms with Crippen molar-refractivity contribution in [1.82, 2.24) is 24.6 Å². The summed E-state index contributed by atoms with van der Waals surface area (Å²) in [5.41, 5.74) is 6.89. The molecule has 0 aromatic carbocycles. The van der Waals surface area contributed by atoms with Gasteiger partial charge in [0, 0.05) is 6.54 Å². The summed E-state index contributed by atoms with van der Waals surface area (Å²) in [6, 6.07) is 0. The molecular weight excluding hydrogens is 315 g/mol. The summed E-state index contributed by atoms with van der Waals surface area (Å²) < 4.78 is 7.62. The zero-order valence-electron chi connectivity index (χ0n) is 10.9. The first-order valence-corrected chi connectivity index (χ1v) is 8.99. The second-order valence-corrected chi connectivity index (χ2v) is 7.60. The van der Waals surface area contributed by atoms with Crippen LogP contribution in [0.25, 0.3) is 11.2 Å². The molecule has 1 aliphatic heterocycles. The molecule has 114 valence electrons. The number of nitrogen functional groups attached to an aromatic ring is 1. The number of ether oxygens (including phenoxy) is 1. The maximum Gasteiger partial charge on any atom is 0.167 e. The average molecular weight is 329 g/mol. The minimum atomic E-state index is -3.65. The number of nitrogens with zero attached hydrogens (tertiary/aromatic N) is 4. The molecule has 0 spiro atoms.